The normalized spacial score (nSPS) is 17.8. The van der Waals surface area contributed by atoms with Gasteiger partial charge in [-0.15, -0.1) is 0 Å². The lowest BCUT2D eigenvalue weighted by molar-refractivity contribution is -0.138. The average molecular weight is 524 g/mol. The minimum Gasteiger partial charge on any atom is -0.450 e. The number of ether oxygens (including phenoxy) is 1. The molecule has 3 aromatic rings. The molecule has 2 atom stereocenters. The lowest BCUT2D eigenvalue weighted by atomic mass is 10.0. The Morgan fingerprint density at radius 3 is 2.59 bits per heavy atom. The van der Waals surface area contributed by atoms with Crippen LogP contribution < -0.4 is 0 Å². The highest BCUT2D eigenvalue weighted by atomic mass is 19.4. The fourth-order valence-corrected chi connectivity index (χ4v) is 4.33. The van der Waals surface area contributed by atoms with Crippen molar-refractivity contribution < 1.29 is 42.0 Å². The number of benzene rings is 1. The van der Waals surface area contributed by atoms with Crippen molar-refractivity contribution in [2.75, 3.05) is 19.6 Å². The predicted molar refractivity (Wildman–Crippen MR) is 122 cm³/mol. The maximum Gasteiger partial charge on any atom is 0.506 e. The highest BCUT2D eigenvalue weighted by Gasteiger charge is 2.42. The Morgan fingerprint density at radius 2 is 1.95 bits per heavy atom. The molecule has 0 spiro atoms. The van der Waals surface area contributed by atoms with Crippen LogP contribution in [0.15, 0.2) is 33.3 Å². The van der Waals surface area contributed by atoms with Crippen LogP contribution in [0, 0.1) is 5.92 Å². The van der Waals surface area contributed by atoms with Gasteiger partial charge in [-0.05, 0) is 30.9 Å². The molecule has 4 rings (SSSR count). The van der Waals surface area contributed by atoms with E-state index < -0.39 is 41.7 Å². The third kappa shape index (κ3) is 6.46. The van der Waals surface area contributed by atoms with Crippen LogP contribution in [0.4, 0.5) is 18.0 Å². The molecule has 0 radical (unpaired) electrons. The van der Waals surface area contributed by atoms with E-state index in [1.165, 1.54) is 0 Å². The summed E-state index contributed by atoms with van der Waals surface area (Å²) < 4.78 is 56.1. The van der Waals surface area contributed by atoms with Gasteiger partial charge in [-0.3, -0.25) is 4.90 Å². The molecule has 1 aliphatic heterocycles. The zero-order chi connectivity index (χ0) is 26.7. The van der Waals surface area contributed by atoms with Gasteiger partial charge in [0.15, 0.2) is 5.69 Å². The number of aliphatic hydroxyl groups excluding tert-OH is 1. The van der Waals surface area contributed by atoms with Crippen molar-refractivity contribution in [2.24, 2.45) is 5.92 Å². The number of rotatable bonds is 8. The van der Waals surface area contributed by atoms with Gasteiger partial charge in [0.25, 0.3) is 5.89 Å². The van der Waals surface area contributed by atoms with Crippen LogP contribution in [0.2, 0.25) is 0 Å². The first kappa shape index (κ1) is 26.6. The zero-order valence-corrected chi connectivity index (χ0v) is 20.2. The number of likely N-dealkylation sites (tertiary alicyclic amines) is 1. The maximum absolute atomic E-state index is 13.7. The molecule has 0 saturated carbocycles. The number of hydrogen-bond acceptors (Lipinski definition) is 9. The fourth-order valence-electron chi connectivity index (χ4n) is 4.33. The second-order valence-corrected chi connectivity index (χ2v) is 9.39. The molecule has 13 heteroatoms. The van der Waals surface area contributed by atoms with Crippen LogP contribution in [0.3, 0.4) is 0 Å². The molecule has 1 aromatic carbocycles. The third-order valence-corrected chi connectivity index (χ3v) is 5.98. The minimum atomic E-state index is -4.71. The van der Waals surface area contributed by atoms with E-state index in [-0.39, 0.29) is 30.5 Å². The molecule has 1 unspecified atom stereocenters. The van der Waals surface area contributed by atoms with Gasteiger partial charge in [-0.25, -0.2) is 4.79 Å². The minimum absolute atomic E-state index is 0.0529. The summed E-state index contributed by atoms with van der Waals surface area (Å²) in [5, 5.41) is 26.8. The van der Waals surface area contributed by atoms with Crippen LogP contribution >= 0.6 is 0 Å². The van der Waals surface area contributed by atoms with Crippen molar-refractivity contribution in [1.82, 2.24) is 20.2 Å². The van der Waals surface area contributed by atoms with Crippen LogP contribution in [0.5, 0.6) is 0 Å². The van der Waals surface area contributed by atoms with Crippen LogP contribution in [0.25, 0.3) is 23.0 Å². The van der Waals surface area contributed by atoms with Gasteiger partial charge in [0, 0.05) is 25.1 Å². The average Bonchev–Trinajstić information content (AvgIpc) is 3.46. The first-order chi connectivity index (χ1) is 17.5. The van der Waals surface area contributed by atoms with Crippen molar-refractivity contribution in [3.8, 4) is 23.0 Å². The number of nitrogens with zero attached hydrogens (tertiary/aromatic N) is 4. The zero-order valence-electron chi connectivity index (χ0n) is 20.2. The van der Waals surface area contributed by atoms with Crippen molar-refractivity contribution in [3.05, 3.63) is 41.2 Å². The molecule has 0 amide bonds. The van der Waals surface area contributed by atoms with Crippen molar-refractivity contribution in [3.63, 3.8) is 0 Å². The van der Waals surface area contributed by atoms with E-state index in [1.807, 2.05) is 4.90 Å². The summed E-state index contributed by atoms with van der Waals surface area (Å²) in [4.78, 5) is 16.8. The van der Waals surface area contributed by atoms with Crippen molar-refractivity contribution >= 4 is 6.16 Å². The third-order valence-electron chi connectivity index (χ3n) is 5.98. The molecule has 200 valence electrons. The summed E-state index contributed by atoms with van der Waals surface area (Å²) >= 11 is 0. The molecule has 2 aromatic heterocycles. The second kappa shape index (κ2) is 10.9. The summed E-state index contributed by atoms with van der Waals surface area (Å²) in [5.74, 6) is -0.718. The van der Waals surface area contributed by atoms with E-state index in [4.69, 9.17) is 18.9 Å². The maximum atomic E-state index is 13.7. The first-order valence-electron chi connectivity index (χ1n) is 11.8. The SMILES string of the molecule is CC(C)Cc1onc(-c2nc(-c3ccc(C(O)CN4CCC[C@H](OC(=O)O)C4)cc3)no2)c1C(F)(F)F. The number of halogens is 3. The van der Waals surface area contributed by atoms with Crippen LogP contribution in [0.1, 0.15) is 49.7 Å². The summed E-state index contributed by atoms with van der Waals surface area (Å²) in [6.07, 6.45) is -5.86. The summed E-state index contributed by atoms with van der Waals surface area (Å²) in [5.41, 5.74) is -0.509. The number of hydrogen-bond donors (Lipinski definition) is 2. The number of carboxylic acid groups (broad SMARTS) is 1. The molecule has 0 aliphatic carbocycles. The summed E-state index contributed by atoms with van der Waals surface area (Å²) in [6.45, 7) is 4.93. The Morgan fingerprint density at radius 1 is 1.22 bits per heavy atom. The molecule has 3 heterocycles. The predicted octanol–water partition coefficient (Wildman–Crippen LogP) is 4.80. The quantitative estimate of drug-likeness (QED) is 0.396. The van der Waals surface area contributed by atoms with Crippen LogP contribution in [-0.4, -0.2) is 62.3 Å². The van der Waals surface area contributed by atoms with Gasteiger partial charge in [-0.1, -0.05) is 48.4 Å². The number of β-amino-alcohol motifs (C(OH)–C–C–N with tert-alkyl or cyclic N) is 1. The molecule has 0 bridgehead atoms. The standard InChI is InChI=1S/C24H27F3N4O6/c1-13(2)10-18-19(24(25,26)27)20(29-36-18)22-28-21(30-37-22)15-7-5-14(6-8-15)17(32)12-31-9-3-4-16(11-31)35-23(33)34/h5-8,13,16-17,32H,3-4,9-12H2,1-2H3,(H,33,34)/t16-,17?/m0/s1. The molecule has 1 aliphatic rings. The Kier molecular flexibility index (Phi) is 7.83. The molecular formula is C24H27F3N4O6. The van der Waals surface area contributed by atoms with Gasteiger partial charge in [-0.2, -0.15) is 18.2 Å². The van der Waals surface area contributed by atoms with E-state index in [0.717, 1.165) is 6.42 Å². The molecule has 1 saturated heterocycles. The second-order valence-electron chi connectivity index (χ2n) is 9.39. The monoisotopic (exact) mass is 524 g/mol. The summed E-state index contributed by atoms with van der Waals surface area (Å²) in [6, 6.07) is 6.56. The number of aliphatic hydroxyl groups is 1. The highest BCUT2D eigenvalue weighted by molar-refractivity contribution is 5.61. The number of alkyl halides is 3. The van der Waals surface area contributed by atoms with E-state index in [0.29, 0.717) is 30.6 Å². The molecule has 37 heavy (non-hydrogen) atoms. The van der Waals surface area contributed by atoms with E-state index >= 15 is 0 Å². The van der Waals surface area contributed by atoms with Crippen molar-refractivity contribution in [2.45, 2.75) is 51.5 Å². The van der Waals surface area contributed by atoms with E-state index in [9.17, 15) is 23.1 Å². The first-order valence-corrected chi connectivity index (χ1v) is 11.8. The van der Waals surface area contributed by atoms with Gasteiger partial charge >= 0.3 is 12.3 Å². The van der Waals surface area contributed by atoms with Gasteiger partial charge in [0.1, 0.15) is 17.4 Å². The lowest BCUT2D eigenvalue weighted by Gasteiger charge is -2.33. The Balaban J connectivity index is 1.46. The van der Waals surface area contributed by atoms with Gasteiger partial charge < -0.3 is 24.0 Å². The number of carbonyl (C=O) groups is 1. The number of piperidine rings is 1. The Hall–Kier alpha value is -3.45. The molecule has 10 nitrogen and oxygen atoms in total. The largest absolute Gasteiger partial charge is 0.506 e. The molecule has 1 fully saturated rings. The molecule has 2 N–H and O–H groups in total. The highest BCUT2D eigenvalue weighted by Crippen LogP contribution is 2.40. The molecular weight excluding hydrogens is 497 g/mol. The Labute approximate surface area is 210 Å². The fraction of sp³-hybridized carbons (Fsp3) is 0.500. The lowest BCUT2D eigenvalue weighted by Crippen LogP contribution is -2.42. The van der Waals surface area contributed by atoms with Crippen LogP contribution in [-0.2, 0) is 17.3 Å². The number of aromatic nitrogens is 3. The smallest absolute Gasteiger partial charge is 0.450 e. The van der Waals surface area contributed by atoms with E-state index in [2.05, 4.69) is 15.3 Å². The van der Waals surface area contributed by atoms with E-state index in [1.54, 1.807) is 38.1 Å². The topological polar surface area (TPSA) is 135 Å². The van der Waals surface area contributed by atoms with Crippen molar-refractivity contribution in [1.29, 1.82) is 0 Å². The van der Waals surface area contributed by atoms with Gasteiger partial charge in [0.05, 0.1) is 6.10 Å². The Bertz CT molecular complexity index is 1210. The van der Waals surface area contributed by atoms with Gasteiger partial charge in [0.2, 0.25) is 5.82 Å². The summed E-state index contributed by atoms with van der Waals surface area (Å²) in [7, 11) is 0.